The third kappa shape index (κ3) is 7.51. The Hall–Kier alpha value is -4.00. The minimum Gasteiger partial charge on any atom is -0.497 e. The fraction of sp³-hybridized carbons (Fsp3) is 0.333. The second kappa shape index (κ2) is 13.5. The van der Waals surface area contributed by atoms with Gasteiger partial charge in [0.2, 0.25) is 0 Å². The molecule has 1 aliphatic heterocycles. The van der Waals surface area contributed by atoms with Crippen molar-refractivity contribution in [1.29, 1.82) is 0 Å². The zero-order valence-corrected chi connectivity index (χ0v) is 25.9. The number of urea groups is 1. The van der Waals surface area contributed by atoms with Crippen molar-refractivity contribution in [2.75, 3.05) is 43.9 Å². The molecule has 0 spiro atoms. The van der Waals surface area contributed by atoms with E-state index < -0.39 is 34.1 Å². The molecule has 230 valence electrons. The maximum absolute atomic E-state index is 13.7. The maximum atomic E-state index is 13.7. The first-order valence-corrected chi connectivity index (χ1v) is 15.5. The highest BCUT2D eigenvalue weighted by Crippen LogP contribution is 2.36. The van der Waals surface area contributed by atoms with Crippen LogP contribution in [0.2, 0.25) is 5.02 Å². The van der Waals surface area contributed by atoms with Gasteiger partial charge in [-0.3, -0.25) is 9.52 Å². The Morgan fingerprint density at radius 1 is 1.16 bits per heavy atom. The van der Waals surface area contributed by atoms with Gasteiger partial charge in [0.15, 0.2) is 5.75 Å². The average molecular weight is 631 g/mol. The second-order valence-corrected chi connectivity index (χ2v) is 12.5. The molecule has 0 bridgehead atoms. The van der Waals surface area contributed by atoms with Crippen molar-refractivity contribution in [2.24, 2.45) is 5.92 Å². The van der Waals surface area contributed by atoms with Crippen molar-refractivity contribution in [1.82, 2.24) is 9.80 Å². The van der Waals surface area contributed by atoms with Gasteiger partial charge in [-0.2, -0.15) is 0 Å². The summed E-state index contributed by atoms with van der Waals surface area (Å²) in [6, 6.07) is 16.2. The van der Waals surface area contributed by atoms with Crippen LogP contribution < -0.4 is 19.5 Å². The third-order valence-corrected chi connectivity index (χ3v) is 8.83. The Balaban J connectivity index is 1.66. The molecule has 0 saturated carbocycles. The second-order valence-electron chi connectivity index (χ2n) is 10.4. The number of para-hydroxylation sites is 1. The lowest BCUT2D eigenvalue weighted by Crippen LogP contribution is -2.50. The van der Waals surface area contributed by atoms with Crippen LogP contribution in [0.15, 0.2) is 71.6 Å². The highest BCUT2D eigenvalue weighted by Gasteiger charge is 2.35. The van der Waals surface area contributed by atoms with E-state index in [9.17, 15) is 23.1 Å². The predicted molar refractivity (Wildman–Crippen MR) is 165 cm³/mol. The molecule has 11 nitrogen and oxygen atoms in total. The quantitative estimate of drug-likeness (QED) is 0.316. The molecule has 3 atom stereocenters. The molecule has 0 unspecified atom stereocenters. The first-order chi connectivity index (χ1) is 20.4. The fourth-order valence-electron chi connectivity index (χ4n) is 4.61. The number of nitrogens with one attached hydrogen (secondary N) is 2. The minimum atomic E-state index is -4.08. The number of anilines is 2. The van der Waals surface area contributed by atoms with Crippen LogP contribution in [0.25, 0.3) is 0 Å². The van der Waals surface area contributed by atoms with E-state index in [1.54, 1.807) is 57.5 Å². The van der Waals surface area contributed by atoms with Crippen LogP contribution in [0.5, 0.6) is 11.5 Å². The van der Waals surface area contributed by atoms with Gasteiger partial charge in [0.05, 0.1) is 42.4 Å². The van der Waals surface area contributed by atoms with Gasteiger partial charge in [-0.1, -0.05) is 24.6 Å². The summed E-state index contributed by atoms with van der Waals surface area (Å²) in [5.74, 6) is -0.0515. The smallest absolute Gasteiger partial charge is 0.321 e. The number of benzene rings is 3. The summed E-state index contributed by atoms with van der Waals surface area (Å²) in [6.07, 6.45) is -0.659. The van der Waals surface area contributed by atoms with Gasteiger partial charge < -0.3 is 29.7 Å². The largest absolute Gasteiger partial charge is 0.497 e. The number of hydrogen-bond donors (Lipinski definition) is 3. The number of carbonyl (C=O) groups is 2. The number of ether oxygens (including phenoxy) is 2. The van der Waals surface area contributed by atoms with E-state index in [-0.39, 0.29) is 47.5 Å². The minimum absolute atomic E-state index is 0.0259. The highest BCUT2D eigenvalue weighted by atomic mass is 35.5. The van der Waals surface area contributed by atoms with E-state index in [0.29, 0.717) is 16.5 Å². The number of nitrogens with zero attached hydrogens (tertiary/aromatic N) is 2. The highest BCUT2D eigenvalue weighted by molar-refractivity contribution is 7.92. The number of methoxy groups -OCH3 is 1. The van der Waals surface area contributed by atoms with Crippen LogP contribution in [0.1, 0.15) is 24.2 Å². The summed E-state index contributed by atoms with van der Waals surface area (Å²) in [5, 5.41) is 13.1. The number of rotatable bonds is 9. The molecule has 0 saturated heterocycles. The van der Waals surface area contributed by atoms with Gasteiger partial charge in [-0.15, -0.1) is 0 Å². The number of likely N-dealkylation sites (N-methyl/N-ethyl adjacent to an activating group) is 1. The molecule has 13 heteroatoms. The average Bonchev–Trinajstić information content (AvgIpc) is 2.99. The van der Waals surface area contributed by atoms with E-state index >= 15 is 0 Å². The standard InChI is InChI=1S/C30H35ClN4O7S/c1-19-16-35(20(2)18-36)29(37)25-6-5-7-26(33-43(39,40)24-14-8-21(31)9-15-24)28(25)42-27(19)17-34(3)30(38)32-22-10-12-23(41-4)13-11-22/h5-15,19-20,27,33,36H,16-18H2,1-4H3,(H,32,38)/t19-,20-,27-/m0/s1. The first kappa shape index (κ1) is 31.9. The number of amides is 3. The molecule has 0 aromatic heterocycles. The normalized spacial score (nSPS) is 17.5. The molecule has 43 heavy (non-hydrogen) atoms. The summed E-state index contributed by atoms with van der Waals surface area (Å²) in [7, 11) is -0.911. The van der Waals surface area contributed by atoms with Gasteiger partial charge in [-0.25, -0.2) is 13.2 Å². The molecule has 1 heterocycles. The summed E-state index contributed by atoms with van der Waals surface area (Å²) < 4.78 is 40.7. The first-order valence-electron chi connectivity index (χ1n) is 13.6. The molecule has 3 N–H and O–H groups in total. The molecular weight excluding hydrogens is 596 g/mol. The molecule has 0 radical (unpaired) electrons. The van der Waals surface area contributed by atoms with Gasteiger partial charge in [0.1, 0.15) is 11.9 Å². The number of aliphatic hydroxyl groups is 1. The van der Waals surface area contributed by atoms with Crippen molar-refractivity contribution < 1.29 is 32.6 Å². The monoisotopic (exact) mass is 630 g/mol. The molecule has 1 aliphatic rings. The summed E-state index contributed by atoms with van der Waals surface area (Å²) in [4.78, 5) is 29.8. The fourth-order valence-corrected chi connectivity index (χ4v) is 5.79. The number of hydrogen-bond acceptors (Lipinski definition) is 7. The van der Waals surface area contributed by atoms with Crippen LogP contribution in [0.3, 0.4) is 0 Å². The van der Waals surface area contributed by atoms with Crippen molar-refractivity contribution in [3.05, 3.63) is 77.3 Å². The molecule has 0 aliphatic carbocycles. The van der Waals surface area contributed by atoms with Crippen LogP contribution in [0, 0.1) is 5.92 Å². The van der Waals surface area contributed by atoms with Crippen LogP contribution in [-0.2, 0) is 10.0 Å². The van der Waals surface area contributed by atoms with E-state index in [2.05, 4.69) is 10.0 Å². The summed E-state index contributed by atoms with van der Waals surface area (Å²) >= 11 is 5.94. The Labute approximate surface area is 256 Å². The van der Waals surface area contributed by atoms with Crippen LogP contribution in [-0.4, -0.2) is 81.3 Å². The van der Waals surface area contributed by atoms with E-state index in [4.69, 9.17) is 21.1 Å². The molecule has 4 rings (SSSR count). The number of carbonyl (C=O) groups excluding carboxylic acids is 2. The Bertz CT molecular complexity index is 1550. The zero-order valence-electron chi connectivity index (χ0n) is 24.3. The van der Waals surface area contributed by atoms with Gasteiger partial charge in [-0.05, 0) is 67.6 Å². The third-order valence-electron chi connectivity index (χ3n) is 7.20. The maximum Gasteiger partial charge on any atom is 0.321 e. The molecule has 3 amide bonds. The Morgan fingerprint density at radius 3 is 2.47 bits per heavy atom. The topological polar surface area (TPSA) is 138 Å². The predicted octanol–water partition coefficient (Wildman–Crippen LogP) is 4.53. The van der Waals surface area contributed by atoms with Crippen LogP contribution in [0.4, 0.5) is 16.2 Å². The summed E-state index contributed by atoms with van der Waals surface area (Å²) in [5.41, 5.74) is 0.753. The van der Waals surface area contributed by atoms with E-state index in [0.717, 1.165) is 0 Å². The number of fused-ring (bicyclic) bond motifs is 1. The van der Waals surface area contributed by atoms with Gasteiger partial charge >= 0.3 is 6.03 Å². The SMILES string of the molecule is COc1ccc(NC(=O)N(C)C[C@@H]2Oc3c(NS(=O)(=O)c4ccc(Cl)cc4)cccc3C(=O)N([C@@H](C)CO)C[C@@H]2C)cc1. The van der Waals surface area contributed by atoms with Crippen LogP contribution >= 0.6 is 11.6 Å². The van der Waals surface area contributed by atoms with Crippen molar-refractivity contribution in [3.63, 3.8) is 0 Å². The van der Waals surface area contributed by atoms with Gasteiger partial charge in [0, 0.05) is 30.2 Å². The van der Waals surface area contributed by atoms with Crippen molar-refractivity contribution in [2.45, 2.75) is 30.9 Å². The van der Waals surface area contributed by atoms with E-state index in [1.165, 1.54) is 40.1 Å². The van der Waals surface area contributed by atoms with Crippen molar-refractivity contribution >= 4 is 44.9 Å². The van der Waals surface area contributed by atoms with Crippen molar-refractivity contribution in [3.8, 4) is 11.5 Å². The Morgan fingerprint density at radius 2 is 1.84 bits per heavy atom. The Kier molecular flexibility index (Phi) is 10.0. The molecule has 3 aromatic carbocycles. The molecular formula is C30H35ClN4O7S. The molecule has 0 fully saturated rings. The number of aliphatic hydroxyl groups excluding tert-OH is 1. The lowest BCUT2D eigenvalue weighted by atomic mass is 9.99. The number of sulfonamides is 1. The lowest BCUT2D eigenvalue weighted by Gasteiger charge is -2.38. The number of halogens is 1. The molecule has 3 aromatic rings. The van der Waals surface area contributed by atoms with E-state index in [1.807, 2.05) is 6.92 Å². The summed E-state index contributed by atoms with van der Waals surface area (Å²) in [6.45, 7) is 3.67. The van der Waals surface area contributed by atoms with Gasteiger partial charge in [0.25, 0.3) is 15.9 Å². The lowest BCUT2D eigenvalue weighted by molar-refractivity contribution is 0.0373. The zero-order chi connectivity index (χ0) is 31.3.